The van der Waals surface area contributed by atoms with E-state index in [0.29, 0.717) is 16.9 Å². The van der Waals surface area contributed by atoms with Crippen LogP contribution in [0.25, 0.3) is 10.9 Å². The molecule has 0 atom stereocenters. The number of amides is 1. The number of rotatable bonds is 5. The molecule has 158 valence electrons. The molecule has 6 heteroatoms. The second-order valence-electron chi connectivity index (χ2n) is 7.49. The lowest BCUT2D eigenvalue weighted by Gasteiger charge is -2.27. The molecule has 4 rings (SSSR count). The molecule has 0 aliphatic rings. The van der Waals surface area contributed by atoms with Gasteiger partial charge in [0.2, 0.25) is 0 Å². The maximum atomic E-state index is 13.3. The summed E-state index contributed by atoms with van der Waals surface area (Å²) in [6.07, 6.45) is 0. The van der Waals surface area contributed by atoms with Crippen molar-refractivity contribution in [2.75, 3.05) is 5.43 Å². The number of fused-ring (bicyclic) bond motifs is 1. The fraction of sp³-hybridized carbons (Fsp3) is 0.120. The SMILES string of the molecule is Cc1cccc(C(O)(C(=O)NNc2ccc3ccccc3[nH+]2)c2cccc(C)c2)c1.[Cl-]. The minimum Gasteiger partial charge on any atom is -1.00 e. The van der Waals surface area contributed by atoms with Crippen LogP contribution in [0.1, 0.15) is 22.3 Å². The Kier molecular flexibility index (Phi) is 6.59. The van der Waals surface area contributed by atoms with Gasteiger partial charge >= 0.3 is 0 Å². The lowest BCUT2D eigenvalue weighted by atomic mass is 9.84. The number of halogens is 1. The van der Waals surface area contributed by atoms with E-state index in [1.807, 2.05) is 86.6 Å². The van der Waals surface area contributed by atoms with Crippen LogP contribution in [0.2, 0.25) is 0 Å². The molecule has 31 heavy (non-hydrogen) atoms. The minimum absolute atomic E-state index is 0. The fourth-order valence-electron chi connectivity index (χ4n) is 3.57. The van der Waals surface area contributed by atoms with Crippen LogP contribution in [-0.2, 0) is 10.4 Å². The van der Waals surface area contributed by atoms with Gasteiger partial charge in [0.1, 0.15) is 5.52 Å². The van der Waals surface area contributed by atoms with Gasteiger partial charge in [-0.05, 0) is 37.1 Å². The number of benzene rings is 3. The van der Waals surface area contributed by atoms with Crippen molar-refractivity contribution >= 4 is 22.6 Å². The van der Waals surface area contributed by atoms with E-state index < -0.39 is 11.5 Å². The Hall–Kier alpha value is -3.41. The zero-order chi connectivity index (χ0) is 21.1. The highest BCUT2D eigenvalue weighted by Gasteiger charge is 2.41. The summed E-state index contributed by atoms with van der Waals surface area (Å²) >= 11 is 0. The quantitative estimate of drug-likeness (QED) is 0.405. The van der Waals surface area contributed by atoms with Crippen molar-refractivity contribution in [2.24, 2.45) is 0 Å². The first-order valence-electron chi connectivity index (χ1n) is 9.81. The number of H-pyrrole nitrogens is 1. The van der Waals surface area contributed by atoms with Crippen LogP contribution in [-0.4, -0.2) is 11.0 Å². The first kappa shape index (κ1) is 22.3. The molecule has 3 aromatic carbocycles. The highest BCUT2D eigenvalue weighted by Crippen LogP contribution is 2.31. The van der Waals surface area contributed by atoms with Crippen molar-refractivity contribution < 1.29 is 27.3 Å². The number of aliphatic hydroxyl groups is 1. The number of hydrogen-bond donors (Lipinski definition) is 3. The van der Waals surface area contributed by atoms with E-state index >= 15 is 0 Å². The maximum absolute atomic E-state index is 13.3. The topological polar surface area (TPSA) is 75.5 Å². The summed E-state index contributed by atoms with van der Waals surface area (Å²) < 4.78 is 0. The van der Waals surface area contributed by atoms with Crippen molar-refractivity contribution in [3.8, 4) is 0 Å². The molecule has 0 radical (unpaired) electrons. The number of aryl methyl sites for hydroxylation is 2. The number of nitrogens with one attached hydrogen (secondary N) is 3. The van der Waals surface area contributed by atoms with Gasteiger partial charge in [-0.2, -0.15) is 10.9 Å². The molecule has 0 spiro atoms. The summed E-state index contributed by atoms with van der Waals surface area (Å²) in [5.41, 5.74) is 7.59. The number of para-hydroxylation sites is 1. The number of aromatic amines is 1. The molecule has 0 saturated carbocycles. The highest BCUT2D eigenvalue weighted by molar-refractivity contribution is 5.91. The first-order valence-corrected chi connectivity index (χ1v) is 9.81. The smallest absolute Gasteiger partial charge is 0.296 e. The van der Waals surface area contributed by atoms with Crippen LogP contribution in [0, 0.1) is 13.8 Å². The van der Waals surface area contributed by atoms with Crippen molar-refractivity contribution in [2.45, 2.75) is 19.4 Å². The molecule has 5 nitrogen and oxygen atoms in total. The maximum Gasteiger partial charge on any atom is 0.296 e. The van der Waals surface area contributed by atoms with E-state index in [9.17, 15) is 9.90 Å². The number of pyridine rings is 1. The van der Waals surface area contributed by atoms with Gasteiger partial charge < -0.3 is 17.5 Å². The van der Waals surface area contributed by atoms with Crippen molar-refractivity contribution in [3.63, 3.8) is 0 Å². The second-order valence-corrected chi connectivity index (χ2v) is 7.49. The third kappa shape index (κ3) is 4.53. The lowest BCUT2D eigenvalue weighted by molar-refractivity contribution is -0.327. The fourth-order valence-corrected chi connectivity index (χ4v) is 3.57. The van der Waals surface area contributed by atoms with Crippen LogP contribution in [0.4, 0.5) is 5.82 Å². The highest BCUT2D eigenvalue weighted by atomic mass is 35.5. The van der Waals surface area contributed by atoms with Crippen molar-refractivity contribution in [3.05, 3.63) is 107 Å². The Labute approximate surface area is 187 Å². The summed E-state index contributed by atoms with van der Waals surface area (Å²) in [7, 11) is 0. The molecule has 0 fully saturated rings. The zero-order valence-electron chi connectivity index (χ0n) is 17.3. The molecule has 0 aliphatic carbocycles. The standard InChI is InChI=1S/C25H23N3O2.ClH/c1-17-7-5-10-20(15-17)25(30,21-11-6-8-18(2)16-21)24(29)28-27-23-14-13-19-9-3-4-12-22(19)26-23;/h3-16,30H,1-2H3,(H,26,27)(H,28,29);1H. The number of aromatic nitrogens is 1. The molecular formula is C25H24ClN3O2. The second kappa shape index (κ2) is 9.16. The van der Waals surface area contributed by atoms with Gasteiger partial charge in [0, 0.05) is 11.5 Å². The summed E-state index contributed by atoms with van der Waals surface area (Å²) in [4.78, 5) is 16.5. The Morgan fingerprint density at radius 2 is 1.45 bits per heavy atom. The molecule has 0 unspecified atom stereocenters. The lowest BCUT2D eigenvalue weighted by Crippen LogP contribution is -3.00. The van der Waals surface area contributed by atoms with Crippen LogP contribution in [0.15, 0.2) is 84.9 Å². The first-order chi connectivity index (χ1) is 14.5. The summed E-state index contributed by atoms with van der Waals surface area (Å²) in [6, 6.07) is 26.4. The zero-order valence-corrected chi connectivity index (χ0v) is 18.1. The van der Waals surface area contributed by atoms with E-state index in [1.165, 1.54) is 0 Å². The number of carbonyl (C=O) groups is 1. The van der Waals surface area contributed by atoms with E-state index in [-0.39, 0.29) is 12.4 Å². The Bertz CT molecular complexity index is 1180. The van der Waals surface area contributed by atoms with Crippen LogP contribution in [0.3, 0.4) is 0 Å². The van der Waals surface area contributed by atoms with Crippen LogP contribution >= 0.6 is 0 Å². The minimum atomic E-state index is -1.85. The Morgan fingerprint density at radius 1 is 0.839 bits per heavy atom. The number of anilines is 1. The van der Waals surface area contributed by atoms with Crippen LogP contribution in [0.5, 0.6) is 0 Å². The van der Waals surface area contributed by atoms with Crippen molar-refractivity contribution in [1.82, 2.24) is 5.43 Å². The van der Waals surface area contributed by atoms with Gasteiger partial charge in [0.05, 0.1) is 0 Å². The van der Waals surface area contributed by atoms with E-state index in [0.717, 1.165) is 22.0 Å². The normalized spacial score (nSPS) is 10.9. The molecule has 0 bridgehead atoms. The van der Waals surface area contributed by atoms with Crippen molar-refractivity contribution in [1.29, 1.82) is 0 Å². The molecule has 0 saturated heterocycles. The monoisotopic (exact) mass is 433 g/mol. The Balaban J connectivity index is 0.00000272. The van der Waals surface area contributed by atoms with Crippen LogP contribution < -0.4 is 28.2 Å². The largest absolute Gasteiger partial charge is 1.00 e. The summed E-state index contributed by atoms with van der Waals surface area (Å²) in [5.74, 6) is 0.0399. The Morgan fingerprint density at radius 3 is 2.06 bits per heavy atom. The molecular weight excluding hydrogens is 410 g/mol. The summed E-state index contributed by atoms with van der Waals surface area (Å²) in [5, 5.41) is 12.7. The number of carbonyl (C=O) groups excluding carboxylic acids is 1. The van der Waals surface area contributed by atoms with Gasteiger partial charge in [-0.3, -0.25) is 4.79 Å². The van der Waals surface area contributed by atoms with Gasteiger partial charge in [0.15, 0.2) is 5.60 Å². The number of hydrogen-bond acceptors (Lipinski definition) is 3. The van der Waals surface area contributed by atoms with Gasteiger partial charge in [0.25, 0.3) is 11.7 Å². The van der Waals surface area contributed by atoms with E-state index in [2.05, 4.69) is 15.8 Å². The average Bonchev–Trinajstić information content (AvgIpc) is 2.76. The van der Waals surface area contributed by atoms with E-state index in [1.54, 1.807) is 12.1 Å². The van der Waals surface area contributed by atoms with Gasteiger partial charge in [-0.25, -0.2) is 4.98 Å². The molecule has 1 amide bonds. The average molecular weight is 434 g/mol. The van der Waals surface area contributed by atoms with E-state index in [4.69, 9.17) is 0 Å². The van der Waals surface area contributed by atoms with Gasteiger partial charge in [-0.1, -0.05) is 77.9 Å². The van der Waals surface area contributed by atoms with Gasteiger partial charge in [-0.15, -0.1) is 0 Å². The molecule has 1 aromatic heterocycles. The predicted octanol–water partition coefficient (Wildman–Crippen LogP) is 0.654. The molecule has 0 aliphatic heterocycles. The third-order valence-corrected chi connectivity index (χ3v) is 5.17. The molecule has 1 heterocycles. The molecule has 4 N–H and O–H groups in total. The third-order valence-electron chi connectivity index (χ3n) is 5.17. The number of hydrazine groups is 1. The summed E-state index contributed by atoms with van der Waals surface area (Å²) in [6.45, 7) is 3.86. The molecule has 4 aromatic rings. The predicted molar refractivity (Wildman–Crippen MR) is 118 cm³/mol.